The fourth-order valence-corrected chi connectivity index (χ4v) is 2.95. The van der Waals surface area contributed by atoms with Gasteiger partial charge in [-0.3, -0.25) is 9.59 Å². The summed E-state index contributed by atoms with van der Waals surface area (Å²) in [7, 11) is 1.24. The van der Waals surface area contributed by atoms with Gasteiger partial charge in [-0.15, -0.1) is 0 Å². The highest BCUT2D eigenvalue weighted by atomic mass is 79.9. The molecule has 5 heteroatoms. The molecule has 0 spiro atoms. The Kier molecular flexibility index (Phi) is 3.54. The van der Waals surface area contributed by atoms with Gasteiger partial charge in [-0.2, -0.15) is 0 Å². The fourth-order valence-electron chi connectivity index (χ4n) is 2.35. The lowest BCUT2D eigenvalue weighted by Crippen LogP contribution is -2.39. The van der Waals surface area contributed by atoms with E-state index in [0.717, 1.165) is 0 Å². The molecule has 0 amide bonds. The van der Waals surface area contributed by atoms with Crippen molar-refractivity contribution >= 4 is 27.7 Å². The van der Waals surface area contributed by atoms with Gasteiger partial charge in [0.05, 0.1) is 13.2 Å². The summed E-state index contributed by atoms with van der Waals surface area (Å²) in [5, 5.41) is 10.3. The average Bonchev–Trinajstić information content (AvgIpc) is 2.35. The summed E-state index contributed by atoms with van der Waals surface area (Å²) in [6.07, 6.45) is -0.864. The molecule has 1 N–H and O–H groups in total. The van der Waals surface area contributed by atoms with Crippen molar-refractivity contribution in [1.29, 1.82) is 0 Å². The van der Waals surface area contributed by atoms with Gasteiger partial charge in [0.15, 0.2) is 5.78 Å². The molecule has 1 aromatic rings. The van der Waals surface area contributed by atoms with Crippen LogP contribution in [-0.4, -0.2) is 24.0 Å². The first-order valence-electron chi connectivity index (χ1n) is 5.57. The van der Waals surface area contributed by atoms with Gasteiger partial charge in [0, 0.05) is 21.5 Å². The Balaban J connectivity index is 2.57. The topological polar surface area (TPSA) is 63.6 Å². The van der Waals surface area contributed by atoms with Crippen LogP contribution in [0.4, 0.5) is 0 Å². The summed E-state index contributed by atoms with van der Waals surface area (Å²) in [6, 6.07) is 5.09. The predicted molar refractivity (Wildman–Crippen MR) is 68.1 cm³/mol. The molecular weight excluding hydrogens is 300 g/mol. The number of carbonyl (C=O) groups excluding carboxylic acids is 2. The van der Waals surface area contributed by atoms with Gasteiger partial charge in [-0.05, 0) is 6.07 Å². The Morgan fingerprint density at radius 1 is 1.44 bits per heavy atom. The number of rotatable bonds is 1. The summed E-state index contributed by atoms with van der Waals surface area (Å²) in [5.41, 5.74) is 0.931. The summed E-state index contributed by atoms with van der Waals surface area (Å²) in [4.78, 5) is 24.0. The molecular formula is C13H13BrO4. The van der Waals surface area contributed by atoms with Crippen LogP contribution in [0.1, 0.15) is 28.9 Å². The minimum atomic E-state index is -0.938. The lowest BCUT2D eigenvalue weighted by atomic mass is 9.74. The molecule has 0 aliphatic heterocycles. The number of ether oxygens (including phenoxy) is 1. The maximum atomic E-state index is 12.3. The molecule has 3 unspecified atom stereocenters. The first kappa shape index (κ1) is 13.2. The molecule has 0 saturated heterocycles. The van der Waals surface area contributed by atoms with E-state index in [0.29, 0.717) is 15.6 Å². The van der Waals surface area contributed by atoms with Gasteiger partial charge in [0.25, 0.3) is 0 Å². The molecule has 18 heavy (non-hydrogen) atoms. The van der Waals surface area contributed by atoms with E-state index >= 15 is 0 Å². The summed E-state index contributed by atoms with van der Waals surface area (Å²) < 4.78 is 5.32. The van der Waals surface area contributed by atoms with Gasteiger partial charge in [0.2, 0.25) is 0 Å². The summed E-state index contributed by atoms with van der Waals surface area (Å²) >= 11 is 3.32. The molecule has 1 aliphatic carbocycles. The molecule has 0 radical (unpaired) electrons. The van der Waals surface area contributed by atoms with E-state index in [-0.39, 0.29) is 5.78 Å². The van der Waals surface area contributed by atoms with Crippen molar-refractivity contribution in [2.75, 3.05) is 7.11 Å². The SMILES string of the molecule is COC(=O)C1C(=O)c2cccc(Br)c2C(O)C1C. The molecule has 1 aromatic carbocycles. The summed E-state index contributed by atoms with van der Waals surface area (Å²) in [6.45, 7) is 1.67. The minimum absolute atomic E-state index is 0.295. The number of Topliss-reactive ketones (excluding diaryl/α,β-unsaturated/α-hetero) is 1. The number of fused-ring (bicyclic) bond motifs is 1. The smallest absolute Gasteiger partial charge is 0.316 e. The Bertz CT molecular complexity index is 512. The fraction of sp³-hybridized carbons (Fsp3) is 0.385. The third-order valence-electron chi connectivity index (χ3n) is 3.38. The lowest BCUT2D eigenvalue weighted by molar-refractivity contribution is -0.146. The third kappa shape index (κ3) is 1.87. The number of methoxy groups -OCH3 is 1. The number of ketones is 1. The quantitative estimate of drug-likeness (QED) is 0.637. The molecule has 2 rings (SSSR count). The Hall–Kier alpha value is -1.20. The Morgan fingerprint density at radius 3 is 2.72 bits per heavy atom. The van der Waals surface area contributed by atoms with Crippen molar-refractivity contribution in [3.63, 3.8) is 0 Å². The molecule has 4 nitrogen and oxygen atoms in total. The second-order valence-corrected chi connectivity index (χ2v) is 5.22. The number of esters is 1. The van der Waals surface area contributed by atoms with Crippen molar-refractivity contribution in [1.82, 2.24) is 0 Å². The number of hydrogen-bond acceptors (Lipinski definition) is 4. The van der Waals surface area contributed by atoms with Crippen LogP contribution in [0.15, 0.2) is 22.7 Å². The zero-order chi connectivity index (χ0) is 13.4. The van der Waals surface area contributed by atoms with Crippen LogP contribution in [0, 0.1) is 11.8 Å². The highest BCUT2D eigenvalue weighted by Crippen LogP contribution is 2.41. The monoisotopic (exact) mass is 312 g/mol. The standard InChI is InChI=1S/C13H13BrO4/c1-6-9(13(17)18-2)12(16)7-4-3-5-8(14)10(7)11(6)15/h3-6,9,11,15H,1-2H3. The average molecular weight is 313 g/mol. The number of benzene rings is 1. The number of carbonyl (C=O) groups is 2. The van der Waals surface area contributed by atoms with E-state index in [9.17, 15) is 14.7 Å². The summed E-state index contributed by atoms with van der Waals surface area (Å²) in [5.74, 6) is -2.34. The van der Waals surface area contributed by atoms with Crippen LogP contribution < -0.4 is 0 Å². The van der Waals surface area contributed by atoms with Gasteiger partial charge >= 0.3 is 5.97 Å². The third-order valence-corrected chi connectivity index (χ3v) is 4.07. The molecule has 1 aliphatic rings. The molecule has 96 valence electrons. The van der Waals surface area contributed by atoms with E-state index in [1.165, 1.54) is 7.11 Å². The maximum Gasteiger partial charge on any atom is 0.316 e. The van der Waals surface area contributed by atoms with E-state index in [4.69, 9.17) is 0 Å². The number of aliphatic hydroxyl groups excluding tert-OH is 1. The van der Waals surface area contributed by atoms with Crippen LogP contribution in [0.5, 0.6) is 0 Å². The second-order valence-electron chi connectivity index (χ2n) is 4.37. The van der Waals surface area contributed by atoms with Crippen molar-refractivity contribution < 1.29 is 19.4 Å². The number of hydrogen-bond donors (Lipinski definition) is 1. The number of halogens is 1. The van der Waals surface area contributed by atoms with Crippen molar-refractivity contribution in [3.05, 3.63) is 33.8 Å². The number of aliphatic hydroxyl groups is 1. The molecule has 0 bridgehead atoms. The van der Waals surface area contributed by atoms with Crippen molar-refractivity contribution in [3.8, 4) is 0 Å². The largest absolute Gasteiger partial charge is 0.468 e. The van der Waals surface area contributed by atoms with E-state index < -0.39 is 23.9 Å². The molecule has 3 atom stereocenters. The molecule has 0 fully saturated rings. The minimum Gasteiger partial charge on any atom is -0.468 e. The van der Waals surface area contributed by atoms with Crippen LogP contribution in [0.25, 0.3) is 0 Å². The van der Waals surface area contributed by atoms with Crippen molar-refractivity contribution in [2.24, 2.45) is 11.8 Å². The van der Waals surface area contributed by atoms with E-state index in [2.05, 4.69) is 20.7 Å². The van der Waals surface area contributed by atoms with Gasteiger partial charge in [-0.1, -0.05) is 35.0 Å². The maximum absolute atomic E-state index is 12.3. The van der Waals surface area contributed by atoms with E-state index in [1.807, 2.05) is 0 Å². The molecule has 0 saturated carbocycles. The Morgan fingerprint density at radius 2 is 2.11 bits per heavy atom. The van der Waals surface area contributed by atoms with Gasteiger partial charge in [0.1, 0.15) is 5.92 Å². The second kappa shape index (κ2) is 4.82. The van der Waals surface area contributed by atoms with Crippen LogP contribution >= 0.6 is 15.9 Å². The normalized spacial score (nSPS) is 26.7. The first-order valence-corrected chi connectivity index (χ1v) is 6.36. The lowest BCUT2D eigenvalue weighted by Gasteiger charge is -2.32. The highest BCUT2D eigenvalue weighted by molar-refractivity contribution is 9.10. The zero-order valence-electron chi connectivity index (χ0n) is 10.0. The van der Waals surface area contributed by atoms with Crippen LogP contribution in [0.2, 0.25) is 0 Å². The highest BCUT2D eigenvalue weighted by Gasteiger charge is 2.44. The van der Waals surface area contributed by atoms with Crippen LogP contribution in [0.3, 0.4) is 0 Å². The van der Waals surface area contributed by atoms with Gasteiger partial charge in [-0.25, -0.2) is 0 Å². The van der Waals surface area contributed by atoms with Crippen molar-refractivity contribution in [2.45, 2.75) is 13.0 Å². The first-order chi connectivity index (χ1) is 8.49. The Labute approximate surface area is 113 Å². The van der Waals surface area contributed by atoms with Crippen LogP contribution in [-0.2, 0) is 9.53 Å². The van der Waals surface area contributed by atoms with Gasteiger partial charge < -0.3 is 9.84 Å². The van der Waals surface area contributed by atoms with E-state index in [1.54, 1.807) is 25.1 Å². The zero-order valence-corrected chi connectivity index (χ0v) is 11.6. The molecule has 0 aromatic heterocycles. The molecule has 0 heterocycles. The predicted octanol–water partition coefficient (Wildman–Crippen LogP) is 2.10.